The van der Waals surface area contributed by atoms with E-state index < -0.39 is 9.05 Å². The van der Waals surface area contributed by atoms with Gasteiger partial charge in [0.05, 0.1) is 4.90 Å². The lowest BCUT2D eigenvalue weighted by Crippen LogP contribution is -1.98. The lowest BCUT2D eigenvalue weighted by atomic mass is 10.3. The monoisotopic (exact) mass is 280 g/mol. The molecule has 0 bridgehead atoms. The molecule has 3 nitrogen and oxygen atoms in total. The summed E-state index contributed by atoms with van der Waals surface area (Å²) < 4.78 is 27.2. The first-order chi connectivity index (χ1) is 7.43. The van der Waals surface area contributed by atoms with Crippen molar-refractivity contribution < 1.29 is 13.2 Å². The van der Waals surface area contributed by atoms with Gasteiger partial charge in [0.25, 0.3) is 9.05 Å². The minimum Gasteiger partial charge on any atom is -0.489 e. The standard InChI is InChI=1S/C10H10Cl2O3S/c1-8(6-11)7-15-9-2-4-10(5-3-9)16(12,13)14/h2-6H,7H2,1H3/b8-6-. The number of hydrogen-bond donors (Lipinski definition) is 0. The minimum atomic E-state index is -3.67. The number of benzene rings is 1. The van der Waals surface area contributed by atoms with Crippen LogP contribution < -0.4 is 4.74 Å². The average Bonchev–Trinajstić information content (AvgIpc) is 2.25. The Morgan fingerprint density at radius 1 is 1.38 bits per heavy atom. The molecule has 0 aliphatic carbocycles. The van der Waals surface area contributed by atoms with Gasteiger partial charge in [0, 0.05) is 16.2 Å². The molecular formula is C10H10Cl2O3S. The van der Waals surface area contributed by atoms with Crippen LogP contribution in [0.5, 0.6) is 5.75 Å². The van der Waals surface area contributed by atoms with Crippen LogP contribution in [0.15, 0.2) is 40.3 Å². The van der Waals surface area contributed by atoms with Crippen LogP contribution in [0.25, 0.3) is 0 Å². The third kappa shape index (κ3) is 4.04. The van der Waals surface area contributed by atoms with Gasteiger partial charge in [-0.15, -0.1) is 0 Å². The number of halogens is 2. The molecule has 0 radical (unpaired) electrons. The zero-order valence-electron chi connectivity index (χ0n) is 8.48. The predicted molar refractivity (Wildman–Crippen MR) is 64.6 cm³/mol. The van der Waals surface area contributed by atoms with E-state index in [1.54, 1.807) is 0 Å². The van der Waals surface area contributed by atoms with Crippen molar-refractivity contribution in [3.05, 3.63) is 35.4 Å². The van der Waals surface area contributed by atoms with Crippen molar-refractivity contribution in [1.82, 2.24) is 0 Å². The van der Waals surface area contributed by atoms with E-state index in [0.29, 0.717) is 12.4 Å². The molecule has 0 spiro atoms. The third-order valence-corrected chi connectivity index (χ3v) is 3.50. The maximum atomic E-state index is 11.0. The molecule has 1 aromatic rings. The van der Waals surface area contributed by atoms with Crippen LogP contribution in [0.3, 0.4) is 0 Å². The van der Waals surface area contributed by atoms with E-state index >= 15 is 0 Å². The van der Waals surface area contributed by atoms with Crippen LogP contribution in [0.4, 0.5) is 0 Å². The quantitative estimate of drug-likeness (QED) is 0.796. The summed E-state index contributed by atoms with van der Waals surface area (Å²) in [6.45, 7) is 2.18. The Bertz CT molecular complexity index is 477. The first kappa shape index (κ1) is 13.4. The van der Waals surface area contributed by atoms with Gasteiger partial charge in [-0.05, 0) is 36.8 Å². The highest BCUT2D eigenvalue weighted by Crippen LogP contribution is 2.19. The molecular weight excluding hydrogens is 271 g/mol. The molecule has 16 heavy (non-hydrogen) atoms. The Kier molecular flexibility index (Phi) is 4.65. The Balaban J connectivity index is 2.73. The number of ether oxygens (including phenoxy) is 1. The second kappa shape index (κ2) is 5.57. The van der Waals surface area contributed by atoms with Crippen molar-refractivity contribution in [2.45, 2.75) is 11.8 Å². The summed E-state index contributed by atoms with van der Waals surface area (Å²) in [5.74, 6) is 0.557. The number of hydrogen-bond acceptors (Lipinski definition) is 3. The molecule has 0 atom stereocenters. The first-order valence-corrected chi connectivity index (χ1v) is 7.11. The van der Waals surface area contributed by atoms with E-state index in [2.05, 4.69) is 0 Å². The molecule has 0 N–H and O–H groups in total. The van der Waals surface area contributed by atoms with Crippen LogP contribution in [0, 0.1) is 0 Å². The average molecular weight is 281 g/mol. The fraction of sp³-hybridized carbons (Fsp3) is 0.200. The molecule has 1 aromatic carbocycles. The lowest BCUT2D eigenvalue weighted by Gasteiger charge is -2.05. The van der Waals surface area contributed by atoms with E-state index in [-0.39, 0.29) is 4.90 Å². The van der Waals surface area contributed by atoms with Gasteiger partial charge in [-0.1, -0.05) is 11.6 Å². The van der Waals surface area contributed by atoms with Gasteiger partial charge in [-0.2, -0.15) is 0 Å². The summed E-state index contributed by atoms with van der Waals surface area (Å²) in [5.41, 5.74) is 2.30. The molecule has 6 heteroatoms. The summed E-state index contributed by atoms with van der Waals surface area (Å²) in [4.78, 5) is 0.0473. The fourth-order valence-electron chi connectivity index (χ4n) is 0.927. The van der Waals surface area contributed by atoms with E-state index in [4.69, 9.17) is 27.0 Å². The predicted octanol–water partition coefficient (Wildman–Crippen LogP) is 3.14. The topological polar surface area (TPSA) is 43.4 Å². The smallest absolute Gasteiger partial charge is 0.261 e. The molecule has 0 aromatic heterocycles. The van der Waals surface area contributed by atoms with Crippen LogP contribution in [0.2, 0.25) is 0 Å². The van der Waals surface area contributed by atoms with E-state index in [1.165, 1.54) is 29.8 Å². The zero-order valence-corrected chi connectivity index (χ0v) is 10.8. The van der Waals surface area contributed by atoms with Gasteiger partial charge in [-0.25, -0.2) is 8.42 Å². The van der Waals surface area contributed by atoms with Gasteiger partial charge < -0.3 is 4.74 Å². The lowest BCUT2D eigenvalue weighted by molar-refractivity contribution is 0.352. The number of rotatable bonds is 4. The third-order valence-electron chi connectivity index (χ3n) is 1.76. The fourth-order valence-corrected chi connectivity index (χ4v) is 1.76. The molecule has 0 amide bonds. The first-order valence-electron chi connectivity index (χ1n) is 4.37. The van der Waals surface area contributed by atoms with Gasteiger partial charge in [-0.3, -0.25) is 0 Å². The van der Waals surface area contributed by atoms with Crippen molar-refractivity contribution in [3.8, 4) is 5.75 Å². The van der Waals surface area contributed by atoms with Crippen molar-refractivity contribution in [2.75, 3.05) is 6.61 Å². The summed E-state index contributed by atoms with van der Waals surface area (Å²) >= 11 is 5.46. The summed E-state index contributed by atoms with van der Waals surface area (Å²) in [7, 11) is 1.49. The van der Waals surface area contributed by atoms with Gasteiger partial charge in [0.2, 0.25) is 0 Å². The minimum absolute atomic E-state index is 0.0473. The van der Waals surface area contributed by atoms with Crippen molar-refractivity contribution >= 4 is 31.3 Å². The largest absolute Gasteiger partial charge is 0.489 e. The molecule has 1 rings (SSSR count). The Hall–Kier alpha value is -0.710. The van der Waals surface area contributed by atoms with E-state index in [0.717, 1.165) is 5.57 Å². The molecule has 0 saturated heterocycles. The van der Waals surface area contributed by atoms with Gasteiger partial charge in [0.15, 0.2) is 0 Å². The maximum absolute atomic E-state index is 11.0. The summed E-state index contributed by atoms with van der Waals surface area (Å²) in [5, 5.41) is 0. The molecule has 0 aliphatic rings. The van der Waals surface area contributed by atoms with Crippen molar-refractivity contribution in [1.29, 1.82) is 0 Å². The SMILES string of the molecule is C/C(=C/Cl)COc1ccc(S(=O)(=O)Cl)cc1. The molecule has 0 unspecified atom stereocenters. The highest BCUT2D eigenvalue weighted by Gasteiger charge is 2.08. The van der Waals surface area contributed by atoms with Gasteiger partial charge in [0.1, 0.15) is 12.4 Å². The molecule has 0 aliphatic heterocycles. The maximum Gasteiger partial charge on any atom is 0.261 e. The second-order valence-electron chi connectivity index (χ2n) is 3.15. The van der Waals surface area contributed by atoms with Crippen molar-refractivity contribution in [2.24, 2.45) is 0 Å². The highest BCUT2D eigenvalue weighted by atomic mass is 35.7. The Labute approximate surface area is 104 Å². The van der Waals surface area contributed by atoms with E-state index in [1.807, 2.05) is 6.92 Å². The molecule has 88 valence electrons. The van der Waals surface area contributed by atoms with Crippen LogP contribution in [0.1, 0.15) is 6.92 Å². The Morgan fingerprint density at radius 2 is 1.94 bits per heavy atom. The van der Waals surface area contributed by atoms with Crippen LogP contribution in [-0.2, 0) is 9.05 Å². The summed E-state index contributed by atoms with van der Waals surface area (Å²) in [6, 6.07) is 5.85. The highest BCUT2D eigenvalue weighted by molar-refractivity contribution is 8.13. The second-order valence-corrected chi connectivity index (χ2v) is 5.94. The normalized spacial score (nSPS) is 12.6. The molecule has 0 heterocycles. The van der Waals surface area contributed by atoms with Crippen LogP contribution in [-0.4, -0.2) is 15.0 Å². The Morgan fingerprint density at radius 3 is 2.38 bits per heavy atom. The zero-order chi connectivity index (χ0) is 12.2. The van der Waals surface area contributed by atoms with Crippen molar-refractivity contribution in [3.63, 3.8) is 0 Å². The molecule has 0 saturated carbocycles. The summed E-state index contributed by atoms with van der Waals surface area (Å²) in [6.07, 6.45) is 0. The van der Waals surface area contributed by atoms with Crippen LogP contribution >= 0.6 is 22.3 Å². The van der Waals surface area contributed by atoms with Gasteiger partial charge >= 0.3 is 0 Å². The molecule has 0 fully saturated rings. The van der Waals surface area contributed by atoms with E-state index in [9.17, 15) is 8.42 Å².